The summed E-state index contributed by atoms with van der Waals surface area (Å²) < 4.78 is 43.9. The fourth-order valence-corrected chi connectivity index (χ4v) is 7.82. The Kier molecular flexibility index (Phi) is 6.69. The molecule has 3 saturated heterocycles. The molecule has 3 fully saturated rings. The number of alkyl halides is 1. The topological polar surface area (TPSA) is 95.9 Å². The van der Waals surface area contributed by atoms with Gasteiger partial charge in [0.25, 0.3) is 0 Å². The van der Waals surface area contributed by atoms with Gasteiger partial charge in [-0.05, 0) is 62.7 Å². The Morgan fingerprint density at radius 2 is 2.09 bits per heavy atom. The van der Waals surface area contributed by atoms with Crippen LogP contribution in [-0.4, -0.2) is 81.7 Å². The van der Waals surface area contributed by atoms with E-state index in [1.807, 2.05) is 0 Å². The van der Waals surface area contributed by atoms with Gasteiger partial charge in [-0.3, -0.25) is 10.2 Å². The van der Waals surface area contributed by atoms with Gasteiger partial charge in [-0.25, -0.2) is 13.8 Å². The van der Waals surface area contributed by atoms with E-state index in [1.54, 1.807) is 24.3 Å². The number of hydrogen-bond acceptors (Lipinski definition) is 9. The third kappa shape index (κ3) is 4.61. The molecule has 0 spiro atoms. The molecule has 11 heteroatoms. The van der Waals surface area contributed by atoms with E-state index in [0.29, 0.717) is 65.3 Å². The molecule has 2 aromatic carbocycles. The predicted molar refractivity (Wildman–Crippen MR) is 167 cm³/mol. The summed E-state index contributed by atoms with van der Waals surface area (Å²) in [5.74, 6) is 2.60. The number of nitrogens with zero attached hydrogens (tertiary/aromatic N) is 5. The summed E-state index contributed by atoms with van der Waals surface area (Å²) in [5, 5.41) is 15.8. The minimum absolute atomic E-state index is 0.00167. The average molecular weight is 613 g/mol. The van der Waals surface area contributed by atoms with Gasteiger partial charge in [-0.1, -0.05) is 18.1 Å². The maximum absolute atomic E-state index is 17.0. The molecule has 6 heterocycles. The second kappa shape index (κ2) is 10.7. The number of benzene rings is 2. The summed E-state index contributed by atoms with van der Waals surface area (Å²) in [5.41, 5.74) is 0.399. The number of pyridine rings is 1. The molecule has 8 rings (SSSR count). The Balaban J connectivity index is 1.32. The summed E-state index contributed by atoms with van der Waals surface area (Å²) in [6.07, 6.45) is 8.96. The molecule has 4 aliphatic rings. The standard InChI is InChI=1S/C34H34F2N6O3/c1-3-20-6-4-7-21-14-23(43)15-24(26(20)21)29-28(36)30-27-31(42(12-13-44-32(27)38-29)25-9-8-19(2)37-25)40-33(39-30)45-18-34-10-5-11-41(34)17-22(35)16-34/h1,4,6-7,14-15,19,22,25,37,43H,5,8-13,16-18H2,2H3. The van der Waals surface area contributed by atoms with E-state index >= 15 is 4.39 Å². The highest BCUT2D eigenvalue weighted by molar-refractivity contribution is 6.04. The van der Waals surface area contributed by atoms with Crippen LogP contribution in [0.4, 0.5) is 14.6 Å². The molecule has 4 unspecified atom stereocenters. The van der Waals surface area contributed by atoms with Crippen LogP contribution in [0, 0.1) is 18.2 Å². The Hall–Kier alpha value is -4.27. The Morgan fingerprint density at radius 3 is 2.91 bits per heavy atom. The predicted octanol–water partition coefficient (Wildman–Crippen LogP) is 4.92. The molecule has 4 aromatic rings. The number of terminal acetylenes is 1. The minimum Gasteiger partial charge on any atom is -0.508 e. The van der Waals surface area contributed by atoms with E-state index in [2.05, 4.69) is 32.9 Å². The number of aromatic nitrogens is 3. The molecule has 0 aliphatic carbocycles. The monoisotopic (exact) mass is 612 g/mol. The normalized spacial score (nSPS) is 26.2. The Labute approximate surface area is 259 Å². The van der Waals surface area contributed by atoms with Crippen molar-refractivity contribution in [1.82, 2.24) is 25.2 Å². The Morgan fingerprint density at radius 1 is 1.20 bits per heavy atom. The van der Waals surface area contributed by atoms with Gasteiger partial charge in [0, 0.05) is 35.5 Å². The smallest absolute Gasteiger partial charge is 0.319 e. The largest absolute Gasteiger partial charge is 0.508 e. The fraction of sp³-hybridized carbons (Fsp3) is 0.441. The van der Waals surface area contributed by atoms with Crippen LogP contribution < -0.4 is 19.7 Å². The van der Waals surface area contributed by atoms with Crippen molar-refractivity contribution < 1.29 is 23.4 Å². The number of ether oxygens (including phenoxy) is 2. The maximum atomic E-state index is 17.0. The SMILES string of the molecule is C#Cc1cccc2cc(O)cc(-c3nc4c5c(nc(OCC67CCCN6CC(F)C7)nc5c3F)N(C3CCC(C)N3)CCO4)c12. The minimum atomic E-state index is -0.905. The van der Waals surface area contributed by atoms with Gasteiger partial charge < -0.3 is 19.5 Å². The van der Waals surface area contributed by atoms with Crippen LogP contribution in [0.2, 0.25) is 0 Å². The van der Waals surface area contributed by atoms with Crippen molar-refractivity contribution >= 4 is 27.5 Å². The van der Waals surface area contributed by atoms with E-state index in [9.17, 15) is 9.50 Å². The molecule has 232 valence electrons. The second-order valence-electron chi connectivity index (χ2n) is 12.7. The van der Waals surface area contributed by atoms with E-state index < -0.39 is 17.5 Å². The van der Waals surface area contributed by atoms with Crippen LogP contribution in [-0.2, 0) is 0 Å². The van der Waals surface area contributed by atoms with Crippen LogP contribution in [0.5, 0.6) is 17.6 Å². The number of nitrogens with one attached hydrogen (secondary N) is 1. The van der Waals surface area contributed by atoms with E-state index in [4.69, 9.17) is 25.9 Å². The van der Waals surface area contributed by atoms with E-state index in [-0.39, 0.29) is 41.6 Å². The highest BCUT2D eigenvalue weighted by Crippen LogP contribution is 2.44. The summed E-state index contributed by atoms with van der Waals surface area (Å²) in [6, 6.07) is 8.74. The number of halogens is 2. The zero-order valence-corrected chi connectivity index (χ0v) is 25.0. The lowest BCUT2D eigenvalue weighted by Gasteiger charge is -2.31. The lowest BCUT2D eigenvalue weighted by atomic mass is 9.95. The molecule has 0 saturated carbocycles. The molecular weight excluding hydrogens is 578 g/mol. The van der Waals surface area contributed by atoms with Crippen LogP contribution in [0.15, 0.2) is 30.3 Å². The van der Waals surface area contributed by atoms with Gasteiger partial charge >= 0.3 is 6.01 Å². The molecule has 4 aliphatic heterocycles. The van der Waals surface area contributed by atoms with Gasteiger partial charge in [-0.15, -0.1) is 6.42 Å². The van der Waals surface area contributed by atoms with Crippen molar-refractivity contribution in [1.29, 1.82) is 0 Å². The van der Waals surface area contributed by atoms with Crippen molar-refractivity contribution in [2.45, 2.75) is 62.9 Å². The fourth-order valence-electron chi connectivity index (χ4n) is 7.82. The third-order valence-electron chi connectivity index (χ3n) is 9.88. The zero-order valence-electron chi connectivity index (χ0n) is 25.0. The first-order valence-corrected chi connectivity index (χ1v) is 15.6. The summed E-state index contributed by atoms with van der Waals surface area (Å²) in [4.78, 5) is 18.4. The van der Waals surface area contributed by atoms with Crippen molar-refractivity contribution in [3.63, 3.8) is 0 Å². The van der Waals surface area contributed by atoms with Crippen LogP contribution in [0.1, 0.15) is 44.6 Å². The molecule has 4 atom stereocenters. The maximum Gasteiger partial charge on any atom is 0.319 e. The quantitative estimate of drug-likeness (QED) is 0.305. The zero-order chi connectivity index (χ0) is 30.9. The number of phenolic OH excluding ortho intramolecular Hbond substituents is 1. The van der Waals surface area contributed by atoms with Crippen LogP contribution in [0.3, 0.4) is 0 Å². The third-order valence-corrected chi connectivity index (χ3v) is 9.88. The highest BCUT2D eigenvalue weighted by Gasteiger charge is 2.49. The van der Waals surface area contributed by atoms with E-state index in [0.717, 1.165) is 32.2 Å². The summed E-state index contributed by atoms with van der Waals surface area (Å²) in [6.45, 7) is 4.35. The number of phenols is 1. The molecule has 0 radical (unpaired) electrons. The van der Waals surface area contributed by atoms with Crippen molar-refractivity contribution in [2.75, 3.05) is 37.7 Å². The number of anilines is 1. The van der Waals surface area contributed by atoms with E-state index in [1.165, 1.54) is 6.07 Å². The lowest BCUT2D eigenvalue weighted by molar-refractivity contribution is 0.107. The van der Waals surface area contributed by atoms with Gasteiger partial charge in [0.2, 0.25) is 5.88 Å². The first-order chi connectivity index (χ1) is 21.8. The van der Waals surface area contributed by atoms with Crippen molar-refractivity contribution in [3.05, 3.63) is 41.7 Å². The van der Waals surface area contributed by atoms with Crippen molar-refractivity contribution in [2.24, 2.45) is 0 Å². The first kappa shape index (κ1) is 28.2. The molecular formula is C34H34F2N6O3. The lowest BCUT2D eigenvalue weighted by Crippen LogP contribution is -2.45. The number of aromatic hydroxyl groups is 1. The average Bonchev–Trinajstić information content (AvgIpc) is 3.67. The highest BCUT2D eigenvalue weighted by atomic mass is 19.1. The van der Waals surface area contributed by atoms with Gasteiger partial charge in [0.05, 0.1) is 18.2 Å². The first-order valence-electron chi connectivity index (χ1n) is 15.6. The van der Waals surface area contributed by atoms with Gasteiger partial charge in [0.1, 0.15) is 41.7 Å². The summed E-state index contributed by atoms with van der Waals surface area (Å²) >= 11 is 0. The molecule has 0 amide bonds. The molecule has 2 aromatic heterocycles. The van der Waals surface area contributed by atoms with Gasteiger partial charge in [-0.2, -0.15) is 9.97 Å². The second-order valence-corrected chi connectivity index (χ2v) is 12.7. The molecule has 45 heavy (non-hydrogen) atoms. The Bertz CT molecular complexity index is 1880. The number of rotatable bonds is 5. The molecule has 9 nitrogen and oxygen atoms in total. The number of fused-ring (bicyclic) bond motifs is 2. The van der Waals surface area contributed by atoms with Crippen molar-refractivity contribution in [3.8, 4) is 41.2 Å². The molecule has 2 N–H and O–H groups in total. The van der Waals surface area contributed by atoms with Gasteiger partial charge in [0.15, 0.2) is 11.6 Å². The molecule has 0 bridgehead atoms. The number of hydrogen-bond donors (Lipinski definition) is 2. The van der Waals surface area contributed by atoms with Crippen LogP contribution in [0.25, 0.3) is 32.9 Å². The van der Waals surface area contributed by atoms with Crippen LogP contribution >= 0.6 is 0 Å². The summed E-state index contributed by atoms with van der Waals surface area (Å²) in [7, 11) is 0.